The average molecular weight is 419 g/mol. The lowest BCUT2D eigenvalue weighted by atomic mass is 10.2. The van der Waals surface area contributed by atoms with E-state index in [-0.39, 0.29) is 0 Å². The van der Waals surface area contributed by atoms with E-state index < -0.39 is 0 Å². The minimum Gasteiger partial charge on any atom is -0.497 e. The largest absolute Gasteiger partial charge is 0.497 e. The molecule has 0 unspecified atom stereocenters. The van der Waals surface area contributed by atoms with Gasteiger partial charge in [-0.25, -0.2) is 0 Å². The van der Waals surface area contributed by atoms with Crippen molar-refractivity contribution in [2.45, 2.75) is 38.2 Å². The van der Waals surface area contributed by atoms with E-state index in [1.807, 2.05) is 12.1 Å². The molecule has 0 amide bonds. The first-order valence-electron chi connectivity index (χ1n) is 10.1. The van der Waals surface area contributed by atoms with Crippen LogP contribution in [0.2, 0.25) is 0 Å². The van der Waals surface area contributed by atoms with Crippen LogP contribution in [-0.2, 0) is 12.3 Å². The van der Waals surface area contributed by atoms with Crippen molar-refractivity contribution in [2.75, 3.05) is 7.11 Å². The fraction of sp³-hybridized carbons (Fsp3) is 0.250. The van der Waals surface area contributed by atoms with Gasteiger partial charge in [0.2, 0.25) is 0 Å². The number of aromatic nitrogens is 4. The molecule has 0 saturated carbocycles. The molecule has 30 heavy (non-hydrogen) atoms. The first kappa shape index (κ1) is 20.3. The summed E-state index contributed by atoms with van der Waals surface area (Å²) in [5.74, 6) is 2.62. The SMILES string of the molecule is CCn1c(SCc2ccc(OC)cc2)nnc1-c1ccc(-n2c(C)ccc2C)cc1. The smallest absolute Gasteiger partial charge is 0.191 e. The summed E-state index contributed by atoms with van der Waals surface area (Å²) in [7, 11) is 1.68. The van der Waals surface area contributed by atoms with Gasteiger partial charge in [0, 0.05) is 34.9 Å². The van der Waals surface area contributed by atoms with Crippen LogP contribution in [0.5, 0.6) is 5.75 Å². The highest BCUT2D eigenvalue weighted by Crippen LogP contribution is 2.28. The lowest BCUT2D eigenvalue weighted by Gasteiger charge is -2.11. The number of methoxy groups -OCH3 is 1. The maximum atomic E-state index is 5.23. The third-order valence-electron chi connectivity index (χ3n) is 5.21. The summed E-state index contributed by atoms with van der Waals surface area (Å²) >= 11 is 1.70. The molecular weight excluding hydrogens is 392 g/mol. The Kier molecular flexibility index (Phi) is 5.95. The van der Waals surface area contributed by atoms with Crippen molar-refractivity contribution >= 4 is 11.8 Å². The molecule has 4 rings (SSSR count). The third-order valence-corrected chi connectivity index (χ3v) is 6.25. The molecule has 6 heteroatoms. The van der Waals surface area contributed by atoms with Crippen LogP contribution in [0, 0.1) is 13.8 Å². The highest BCUT2D eigenvalue weighted by Gasteiger charge is 2.14. The second-order valence-corrected chi connectivity index (χ2v) is 8.13. The van der Waals surface area contributed by atoms with Crippen LogP contribution >= 0.6 is 11.8 Å². The van der Waals surface area contributed by atoms with Crippen molar-refractivity contribution in [3.05, 3.63) is 77.6 Å². The Balaban J connectivity index is 1.54. The molecule has 5 nitrogen and oxygen atoms in total. The predicted molar refractivity (Wildman–Crippen MR) is 122 cm³/mol. The van der Waals surface area contributed by atoms with E-state index in [4.69, 9.17) is 4.74 Å². The number of nitrogens with zero attached hydrogens (tertiary/aromatic N) is 4. The summed E-state index contributed by atoms with van der Waals surface area (Å²) in [5.41, 5.74) is 5.93. The molecule has 2 aromatic carbocycles. The van der Waals surface area contributed by atoms with Gasteiger partial charge in [0.1, 0.15) is 5.75 Å². The van der Waals surface area contributed by atoms with E-state index in [9.17, 15) is 0 Å². The van der Waals surface area contributed by atoms with Gasteiger partial charge in [-0.2, -0.15) is 0 Å². The van der Waals surface area contributed by atoms with Gasteiger partial charge in [0.05, 0.1) is 7.11 Å². The lowest BCUT2D eigenvalue weighted by Crippen LogP contribution is -2.01. The first-order chi connectivity index (χ1) is 14.6. The number of hydrogen-bond donors (Lipinski definition) is 0. The fourth-order valence-electron chi connectivity index (χ4n) is 3.60. The molecule has 0 N–H and O–H groups in total. The molecule has 0 aliphatic carbocycles. The molecule has 0 spiro atoms. The molecule has 0 saturated heterocycles. The van der Waals surface area contributed by atoms with Crippen LogP contribution in [0.25, 0.3) is 17.1 Å². The van der Waals surface area contributed by atoms with Crippen LogP contribution in [0.3, 0.4) is 0 Å². The fourth-order valence-corrected chi connectivity index (χ4v) is 4.56. The van der Waals surface area contributed by atoms with Gasteiger partial charge in [0.25, 0.3) is 0 Å². The van der Waals surface area contributed by atoms with Crippen molar-refractivity contribution in [3.8, 4) is 22.8 Å². The normalized spacial score (nSPS) is 11.1. The first-order valence-corrected chi connectivity index (χ1v) is 11.0. The molecule has 0 atom stereocenters. The Morgan fingerprint density at radius 2 is 1.53 bits per heavy atom. The standard InChI is InChI=1S/C24H26N4OS/c1-5-27-23(20-10-12-21(13-11-20)28-17(2)6-7-18(28)3)25-26-24(27)30-16-19-8-14-22(29-4)15-9-19/h6-15H,5,16H2,1-4H3. The van der Waals surface area contributed by atoms with Crippen LogP contribution in [-0.4, -0.2) is 26.4 Å². The average Bonchev–Trinajstić information content (AvgIpc) is 3.35. The molecule has 0 aliphatic rings. The third kappa shape index (κ3) is 4.00. The number of aryl methyl sites for hydroxylation is 2. The summed E-state index contributed by atoms with van der Waals surface area (Å²) in [6, 6.07) is 21.0. The van der Waals surface area contributed by atoms with Crippen molar-refractivity contribution in [2.24, 2.45) is 0 Å². The molecule has 154 valence electrons. The summed E-state index contributed by atoms with van der Waals surface area (Å²) in [6.45, 7) is 7.21. The maximum Gasteiger partial charge on any atom is 0.191 e. The minimum atomic E-state index is 0.824. The van der Waals surface area contributed by atoms with Gasteiger partial charge in [0.15, 0.2) is 11.0 Å². The van der Waals surface area contributed by atoms with Gasteiger partial charge >= 0.3 is 0 Å². The van der Waals surface area contributed by atoms with E-state index in [0.29, 0.717) is 0 Å². The summed E-state index contributed by atoms with van der Waals surface area (Å²) < 4.78 is 9.66. The van der Waals surface area contributed by atoms with E-state index in [1.54, 1.807) is 18.9 Å². The van der Waals surface area contributed by atoms with Gasteiger partial charge in [-0.15, -0.1) is 10.2 Å². The zero-order chi connectivity index (χ0) is 21.1. The Morgan fingerprint density at radius 3 is 2.13 bits per heavy atom. The van der Waals surface area contributed by atoms with E-state index in [0.717, 1.165) is 40.3 Å². The molecule has 0 bridgehead atoms. The van der Waals surface area contributed by atoms with Crippen LogP contribution < -0.4 is 4.74 Å². The predicted octanol–water partition coefficient (Wildman–Crippen LogP) is 5.67. The summed E-state index contributed by atoms with van der Waals surface area (Å²) in [6.07, 6.45) is 0. The monoisotopic (exact) mass is 418 g/mol. The topological polar surface area (TPSA) is 44.9 Å². The second-order valence-electron chi connectivity index (χ2n) is 7.19. The Hall–Kier alpha value is -2.99. The number of thioether (sulfide) groups is 1. The molecule has 0 fully saturated rings. The highest BCUT2D eigenvalue weighted by atomic mass is 32.2. The maximum absolute atomic E-state index is 5.23. The number of benzene rings is 2. The molecule has 0 radical (unpaired) electrons. The molecule has 2 heterocycles. The van der Waals surface area contributed by atoms with Gasteiger partial charge in [-0.05, 0) is 74.9 Å². The van der Waals surface area contributed by atoms with Crippen LogP contribution in [0.1, 0.15) is 23.9 Å². The van der Waals surface area contributed by atoms with Crippen molar-refractivity contribution in [1.29, 1.82) is 0 Å². The number of rotatable bonds is 7. The van der Waals surface area contributed by atoms with Gasteiger partial charge in [-0.3, -0.25) is 0 Å². The van der Waals surface area contributed by atoms with Gasteiger partial charge < -0.3 is 13.9 Å². The van der Waals surface area contributed by atoms with Crippen molar-refractivity contribution in [1.82, 2.24) is 19.3 Å². The van der Waals surface area contributed by atoms with Crippen molar-refractivity contribution < 1.29 is 4.74 Å². The molecular formula is C24H26N4OS. The van der Waals surface area contributed by atoms with Crippen molar-refractivity contribution in [3.63, 3.8) is 0 Å². The van der Waals surface area contributed by atoms with Crippen LogP contribution in [0.15, 0.2) is 65.8 Å². The zero-order valence-corrected chi connectivity index (χ0v) is 18.6. The highest BCUT2D eigenvalue weighted by molar-refractivity contribution is 7.98. The van der Waals surface area contributed by atoms with E-state index >= 15 is 0 Å². The molecule has 0 aliphatic heterocycles. The Morgan fingerprint density at radius 1 is 0.867 bits per heavy atom. The van der Waals surface area contributed by atoms with Gasteiger partial charge in [-0.1, -0.05) is 23.9 Å². The summed E-state index contributed by atoms with van der Waals surface area (Å²) in [5, 5.41) is 9.88. The lowest BCUT2D eigenvalue weighted by molar-refractivity contribution is 0.414. The Labute approximate surface area is 181 Å². The van der Waals surface area contributed by atoms with E-state index in [2.05, 4.69) is 88.6 Å². The zero-order valence-electron chi connectivity index (χ0n) is 17.8. The second kappa shape index (κ2) is 8.79. The quantitative estimate of drug-likeness (QED) is 0.363. The number of hydrogen-bond acceptors (Lipinski definition) is 4. The minimum absolute atomic E-state index is 0.824. The summed E-state index contributed by atoms with van der Waals surface area (Å²) in [4.78, 5) is 0. The Bertz CT molecular complexity index is 1110. The van der Waals surface area contributed by atoms with Crippen LogP contribution in [0.4, 0.5) is 0 Å². The van der Waals surface area contributed by atoms with E-state index in [1.165, 1.54) is 17.0 Å². The molecule has 2 aromatic heterocycles. The number of ether oxygens (including phenoxy) is 1. The molecule has 4 aromatic rings.